The molecule has 7 nitrogen and oxygen atoms in total. The molecule has 0 unspecified atom stereocenters. The summed E-state index contributed by atoms with van der Waals surface area (Å²) in [5, 5.41) is 0.953. The van der Waals surface area contributed by atoms with E-state index in [-0.39, 0.29) is 17.9 Å². The molecule has 1 aromatic carbocycles. The van der Waals surface area contributed by atoms with E-state index in [0.29, 0.717) is 24.3 Å². The lowest BCUT2D eigenvalue weighted by molar-refractivity contribution is 0.0639. The first-order valence-corrected chi connectivity index (χ1v) is 9.02. The number of aryl methyl sites for hydroxylation is 1. The van der Waals surface area contributed by atoms with E-state index >= 15 is 0 Å². The van der Waals surface area contributed by atoms with Gasteiger partial charge in [0.2, 0.25) is 0 Å². The molecule has 7 heteroatoms. The minimum Gasteiger partial charge on any atom is -0.350 e. The first kappa shape index (κ1) is 17.3. The van der Waals surface area contributed by atoms with Crippen molar-refractivity contribution in [3.05, 3.63) is 53.7 Å². The summed E-state index contributed by atoms with van der Waals surface area (Å²) in [5.41, 5.74) is 2.15. The van der Waals surface area contributed by atoms with Crippen LogP contribution >= 0.6 is 0 Å². The Balaban J connectivity index is 1.68. The SMILES string of the molecule is C[C@H]1c2nc(C(=O)N(C)C)cn2CCN1C(=O)c1cn(C)c2ccccc12. The summed E-state index contributed by atoms with van der Waals surface area (Å²) in [5.74, 6) is 0.616. The van der Waals surface area contributed by atoms with Gasteiger partial charge >= 0.3 is 0 Å². The molecule has 3 aromatic rings. The van der Waals surface area contributed by atoms with Gasteiger partial charge in [-0.05, 0) is 13.0 Å². The number of benzene rings is 1. The monoisotopic (exact) mass is 365 g/mol. The zero-order valence-electron chi connectivity index (χ0n) is 16.0. The van der Waals surface area contributed by atoms with E-state index in [1.165, 1.54) is 4.90 Å². The molecule has 0 fully saturated rings. The Bertz CT molecular complexity index is 1050. The first-order chi connectivity index (χ1) is 12.9. The Hall–Kier alpha value is -3.09. The molecule has 0 saturated heterocycles. The zero-order valence-corrected chi connectivity index (χ0v) is 16.0. The van der Waals surface area contributed by atoms with Crippen LogP contribution in [0, 0.1) is 0 Å². The van der Waals surface area contributed by atoms with Gasteiger partial charge in [-0.15, -0.1) is 0 Å². The second kappa shape index (κ2) is 6.26. The van der Waals surface area contributed by atoms with Crippen molar-refractivity contribution in [3.63, 3.8) is 0 Å². The number of para-hydroxylation sites is 1. The van der Waals surface area contributed by atoms with Crippen molar-refractivity contribution < 1.29 is 9.59 Å². The van der Waals surface area contributed by atoms with Gasteiger partial charge in [0.25, 0.3) is 11.8 Å². The van der Waals surface area contributed by atoms with Crippen LogP contribution in [0.2, 0.25) is 0 Å². The van der Waals surface area contributed by atoms with Crippen LogP contribution in [-0.2, 0) is 13.6 Å². The van der Waals surface area contributed by atoms with Gasteiger partial charge in [-0.25, -0.2) is 4.98 Å². The number of carbonyl (C=O) groups excluding carboxylic acids is 2. The largest absolute Gasteiger partial charge is 0.350 e. The molecule has 1 aliphatic rings. The van der Waals surface area contributed by atoms with Crippen LogP contribution in [0.4, 0.5) is 0 Å². The van der Waals surface area contributed by atoms with Crippen molar-refractivity contribution in [2.45, 2.75) is 19.5 Å². The quantitative estimate of drug-likeness (QED) is 0.700. The minimum atomic E-state index is -0.200. The summed E-state index contributed by atoms with van der Waals surface area (Å²) in [6, 6.07) is 7.71. The molecule has 0 bridgehead atoms. The van der Waals surface area contributed by atoms with E-state index in [9.17, 15) is 9.59 Å². The highest BCUT2D eigenvalue weighted by molar-refractivity contribution is 6.07. The second-order valence-corrected chi connectivity index (χ2v) is 7.22. The maximum Gasteiger partial charge on any atom is 0.273 e. The molecular formula is C20H23N5O2. The van der Waals surface area contributed by atoms with Crippen molar-refractivity contribution in [2.24, 2.45) is 7.05 Å². The molecule has 3 heterocycles. The van der Waals surface area contributed by atoms with Crippen LogP contribution in [0.1, 0.15) is 39.6 Å². The lowest BCUT2D eigenvalue weighted by atomic mass is 10.1. The van der Waals surface area contributed by atoms with Crippen molar-refractivity contribution in [3.8, 4) is 0 Å². The number of imidazole rings is 1. The van der Waals surface area contributed by atoms with E-state index in [2.05, 4.69) is 4.98 Å². The molecule has 140 valence electrons. The number of amides is 2. The van der Waals surface area contributed by atoms with Crippen molar-refractivity contribution in [1.29, 1.82) is 0 Å². The summed E-state index contributed by atoms with van der Waals surface area (Å²) >= 11 is 0. The van der Waals surface area contributed by atoms with E-state index in [4.69, 9.17) is 0 Å². The topological polar surface area (TPSA) is 63.4 Å². The molecule has 0 radical (unpaired) electrons. The molecule has 27 heavy (non-hydrogen) atoms. The van der Waals surface area contributed by atoms with Crippen LogP contribution in [-0.4, -0.2) is 56.4 Å². The van der Waals surface area contributed by atoms with Crippen LogP contribution in [0.3, 0.4) is 0 Å². The van der Waals surface area contributed by atoms with Gasteiger partial charge in [0.15, 0.2) is 0 Å². The minimum absolute atomic E-state index is 0.00552. The fourth-order valence-electron chi connectivity index (χ4n) is 3.77. The standard InChI is InChI=1S/C20H23N5O2/c1-13-18-21-16(20(27)22(2)3)12-24(18)9-10-25(13)19(26)15-11-23(4)17-8-6-5-7-14(15)17/h5-8,11-13H,9-10H2,1-4H3/t13-/m0/s1. The molecule has 0 aliphatic carbocycles. The Morgan fingerprint density at radius 3 is 2.63 bits per heavy atom. The molecule has 1 aliphatic heterocycles. The van der Waals surface area contributed by atoms with E-state index < -0.39 is 0 Å². The van der Waals surface area contributed by atoms with E-state index in [1.54, 1.807) is 20.3 Å². The fourth-order valence-corrected chi connectivity index (χ4v) is 3.77. The molecular weight excluding hydrogens is 342 g/mol. The Morgan fingerprint density at radius 1 is 1.15 bits per heavy atom. The number of aromatic nitrogens is 3. The molecule has 1 atom stereocenters. The Kier molecular flexibility index (Phi) is 4.02. The lowest BCUT2D eigenvalue weighted by Crippen LogP contribution is -2.41. The van der Waals surface area contributed by atoms with Gasteiger partial charge in [-0.1, -0.05) is 18.2 Å². The third-order valence-corrected chi connectivity index (χ3v) is 5.24. The third-order valence-electron chi connectivity index (χ3n) is 5.24. The number of hydrogen-bond donors (Lipinski definition) is 0. The average molecular weight is 365 g/mol. The fraction of sp³-hybridized carbons (Fsp3) is 0.350. The van der Waals surface area contributed by atoms with Crippen LogP contribution < -0.4 is 0 Å². The maximum atomic E-state index is 13.3. The smallest absolute Gasteiger partial charge is 0.273 e. The highest BCUT2D eigenvalue weighted by atomic mass is 16.2. The number of fused-ring (bicyclic) bond motifs is 2. The average Bonchev–Trinajstić information content (AvgIpc) is 3.23. The van der Waals surface area contributed by atoms with Gasteiger partial charge in [-0.2, -0.15) is 0 Å². The van der Waals surface area contributed by atoms with Crippen LogP contribution in [0.25, 0.3) is 10.9 Å². The summed E-state index contributed by atoms with van der Waals surface area (Å²) in [6.45, 7) is 3.18. The van der Waals surface area contributed by atoms with Crippen LogP contribution in [0.5, 0.6) is 0 Å². The van der Waals surface area contributed by atoms with Crippen molar-refractivity contribution >= 4 is 22.7 Å². The van der Waals surface area contributed by atoms with Gasteiger partial charge in [0.1, 0.15) is 11.5 Å². The van der Waals surface area contributed by atoms with Crippen LogP contribution in [0.15, 0.2) is 36.7 Å². The number of rotatable bonds is 2. The normalized spacial score (nSPS) is 16.4. The van der Waals surface area contributed by atoms with E-state index in [1.807, 2.05) is 58.5 Å². The molecule has 0 N–H and O–H groups in total. The summed E-state index contributed by atoms with van der Waals surface area (Å²) < 4.78 is 3.96. The predicted octanol–water partition coefficient (Wildman–Crippen LogP) is 2.29. The lowest BCUT2D eigenvalue weighted by Gasteiger charge is -2.33. The van der Waals surface area contributed by atoms with Gasteiger partial charge in [0, 0.05) is 57.5 Å². The van der Waals surface area contributed by atoms with Crippen molar-refractivity contribution in [2.75, 3.05) is 20.6 Å². The van der Waals surface area contributed by atoms with Gasteiger partial charge in [0.05, 0.1) is 11.6 Å². The predicted molar refractivity (Wildman–Crippen MR) is 103 cm³/mol. The molecule has 4 rings (SSSR count). The maximum absolute atomic E-state index is 13.3. The summed E-state index contributed by atoms with van der Waals surface area (Å²) in [4.78, 5) is 33.4. The third kappa shape index (κ3) is 2.70. The van der Waals surface area contributed by atoms with Crippen molar-refractivity contribution in [1.82, 2.24) is 23.9 Å². The van der Waals surface area contributed by atoms with Gasteiger partial charge < -0.3 is 18.9 Å². The number of nitrogens with zero attached hydrogens (tertiary/aromatic N) is 5. The Morgan fingerprint density at radius 2 is 1.89 bits per heavy atom. The molecule has 2 amide bonds. The molecule has 0 saturated carbocycles. The molecule has 0 spiro atoms. The summed E-state index contributed by atoms with van der Waals surface area (Å²) in [6.07, 6.45) is 3.68. The number of hydrogen-bond acceptors (Lipinski definition) is 3. The highest BCUT2D eigenvalue weighted by Crippen LogP contribution is 2.29. The van der Waals surface area contributed by atoms with Gasteiger partial charge in [-0.3, -0.25) is 9.59 Å². The molecule has 2 aromatic heterocycles. The zero-order chi connectivity index (χ0) is 19.3. The summed E-state index contributed by atoms with van der Waals surface area (Å²) in [7, 11) is 5.37. The number of carbonyl (C=O) groups is 2. The van der Waals surface area contributed by atoms with E-state index in [0.717, 1.165) is 16.7 Å². The second-order valence-electron chi connectivity index (χ2n) is 7.22. The Labute approximate surface area is 157 Å². The first-order valence-electron chi connectivity index (χ1n) is 9.02. The highest BCUT2D eigenvalue weighted by Gasteiger charge is 2.32.